The molecule has 2 aromatic rings. The number of benzene rings is 2. The Morgan fingerprint density at radius 3 is 2.48 bits per heavy atom. The molecule has 1 aliphatic carbocycles. The second kappa shape index (κ2) is 9.06. The molecular formula is C26H31N3O4. The number of aliphatic hydroxyl groups is 1. The van der Waals surface area contributed by atoms with Crippen LogP contribution >= 0.6 is 0 Å². The summed E-state index contributed by atoms with van der Waals surface area (Å²) >= 11 is 0. The maximum Gasteiger partial charge on any atom is 0.326 e. The average molecular weight is 450 g/mol. The third-order valence-electron chi connectivity index (χ3n) is 7.48. The van der Waals surface area contributed by atoms with E-state index in [0.29, 0.717) is 12.2 Å². The number of likely N-dealkylation sites (tertiary alicyclic amines) is 1. The predicted molar refractivity (Wildman–Crippen MR) is 127 cm³/mol. The Kier molecular flexibility index (Phi) is 5.98. The van der Waals surface area contributed by atoms with E-state index < -0.39 is 0 Å². The lowest BCUT2D eigenvalue weighted by molar-refractivity contribution is -0.156. The number of hydrogen-bond acceptors (Lipinski definition) is 4. The van der Waals surface area contributed by atoms with Crippen LogP contribution in [0.4, 0.5) is 16.2 Å². The van der Waals surface area contributed by atoms with Crippen LogP contribution in [-0.2, 0) is 4.79 Å². The highest BCUT2D eigenvalue weighted by Gasteiger charge is 2.56. The summed E-state index contributed by atoms with van der Waals surface area (Å²) in [4.78, 5) is 30.4. The summed E-state index contributed by atoms with van der Waals surface area (Å²) < 4.78 is 5.19. The van der Waals surface area contributed by atoms with Gasteiger partial charge in [0.1, 0.15) is 5.75 Å². The number of carbonyl (C=O) groups excluding carboxylic acids is 2. The average Bonchev–Trinajstić information content (AvgIpc) is 2.85. The number of urea groups is 1. The van der Waals surface area contributed by atoms with Crippen LogP contribution in [0.2, 0.25) is 0 Å². The monoisotopic (exact) mass is 449 g/mol. The minimum atomic E-state index is -0.233. The molecule has 3 atom stereocenters. The summed E-state index contributed by atoms with van der Waals surface area (Å²) in [5, 5.41) is 13.2. The molecule has 7 heteroatoms. The Labute approximate surface area is 194 Å². The largest absolute Gasteiger partial charge is 0.497 e. The molecule has 33 heavy (non-hydrogen) atoms. The van der Waals surface area contributed by atoms with Gasteiger partial charge in [0.05, 0.1) is 25.8 Å². The van der Waals surface area contributed by atoms with Gasteiger partial charge in [0.25, 0.3) is 0 Å². The molecule has 3 amide bonds. The number of fused-ring (bicyclic) bond motifs is 3. The van der Waals surface area contributed by atoms with Gasteiger partial charge in [-0.3, -0.25) is 9.69 Å². The number of hydrogen-bond donors (Lipinski definition) is 2. The summed E-state index contributed by atoms with van der Waals surface area (Å²) in [7, 11) is 1.60. The number of ether oxygens (including phenoxy) is 1. The topological polar surface area (TPSA) is 82.1 Å². The highest BCUT2D eigenvalue weighted by atomic mass is 16.5. The summed E-state index contributed by atoms with van der Waals surface area (Å²) in [6, 6.07) is 14.5. The van der Waals surface area contributed by atoms with E-state index in [1.54, 1.807) is 36.3 Å². The fourth-order valence-corrected chi connectivity index (χ4v) is 5.81. The molecule has 3 aliphatic rings. The van der Waals surface area contributed by atoms with Crippen molar-refractivity contribution in [3.63, 3.8) is 0 Å². The molecular weight excluding hydrogens is 418 g/mol. The normalized spacial score (nSPS) is 24.4. The van der Waals surface area contributed by atoms with Crippen LogP contribution < -0.4 is 15.0 Å². The highest BCUT2D eigenvalue weighted by molar-refractivity contribution is 6.03. The van der Waals surface area contributed by atoms with Gasteiger partial charge in [-0.25, -0.2) is 4.79 Å². The number of nitrogens with zero attached hydrogens (tertiary/aromatic N) is 2. The molecule has 1 saturated heterocycles. The fraction of sp³-hybridized carbons (Fsp3) is 0.462. The molecule has 1 saturated carbocycles. The first-order valence-corrected chi connectivity index (χ1v) is 11.9. The van der Waals surface area contributed by atoms with Crippen molar-refractivity contribution < 1.29 is 19.4 Å². The van der Waals surface area contributed by atoms with E-state index in [0.717, 1.165) is 42.7 Å². The molecule has 2 fully saturated rings. The minimum absolute atomic E-state index is 0.0347. The van der Waals surface area contributed by atoms with Gasteiger partial charge in [-0.2, -0.15) is 0 Å². The third kappa shape index (κ3) is 3.84. The first-order valence-electron chi connectivity index (χ1n) is 11.9. The number of nitrogens with one attached hydrogen (secondary N) is 1. The minimum Gasteiger partial charge on any atom is -0.497 e. The molecule has 2 N–H and O–H groups in total. The molecule has 2 heterocycles. The zero-order chi connectivity index (χ0) is 22.9. The number of anilines is 2. The van der Waals surface area contributed by atoms with E-state index in [-0.39, 0.29) is 42.5 Å². The molecule has 174 valence electrons. The van der Waals surface area contributed by atoms with E-state index in [2.05, 4.69) is 5.32 Å². The Morgan fingerprint density at radius 1 is 1.06 bits per heavy atom. The van der Waals surface area contributed by atoms with Crippen LogP contribution in [0.5, 0.6) is 5.75 Å². The molecule has 2 aromatic carbocycles. The lowest BCUT2D eigenvalue weighted by Gasteiger charge is -2.59. The summed E-state index contributed by atoms with van der Waals surface area (Å²) in [6.07, 6.45) is 5.20. The first kappa shape index (κ1) is 21.8. The highest BCUT2D eigenvalue weighted by Crippen LogP contribution is 2.49. The first-order chi connectivity index (χ1) is 16.1. The van der Waals surface area contributed by atoms with Crippen LogP contribution in [0.15, 0.2) is 48.5 Å². The van der Waals surface area contributed by atoms with Crippen molar-refractivity contribution in [3.8, 4) is 5.75 Å². The Hall–Kier alpha value is -3.06. The van der Waals surface area contributed by atoms with Crippen molar-refractivity contribution in [1.82, 2.24) is 4.90 Å². The lowest BCUT2D eigenvalue weighted by atomic mass is 9.71. The molecule has 0 radical (unpaired) electrons. The number of rotatable bonds is 4. The van der Waals surface area contributed by atoms with Gasteiger partial charge in [0.15, 0.2) is 0 Å². The van der Waals surface area contributed by atoms with Gasteiger partial charge in [0.2, 0.25) is 5.91 Å². The van der Waals surface area contributed by atoms with E-state index in [1.165, 1.54) is 6.42 Å². The van der Waals surface area contributed by atoms with E-state index >= 15 is 0 Å². The molecule has 2 aliphatic heterocycles. The molecule has 0 unspecified atom stereocenters. The maximum atomic E-state index is 13.4. The predicted octanol–water partition coefficient (Wildman–Crippen LogP) is 3.98. The molecule has 0 bridgehead atoms. The lowest BCUT2D eigenvalue weighted by Crippen LogP contribution is -2.71. The second-order valence-electron chi connectivity index (χ2n) is 9.25. The molecule has 5 rings (SSSR count). The SMILES string of the molecule is COc1ccc(NC(=O)N2C[C@H]3[C@@H](c4ccccc42)[C@@H](CO)N3C(=O)C2CCCCC2)cc1. The van der Waals surface area contributed by atoms with E-state index in [9.17, 15) is 14.7 Å². The Bertz CT molecular complexity index is 1020. The zero-order valence-electron chi connectivity index (χ0n) is 18.9. The van der Waals surface area contributed by atoms with Crippen molar-refractivity contribution in [2.45, 2.75) is 50.1 Å². The summed E-state index contributed by atoms with van der Waals surface area (Å²) in [5.74, 6) is 0.946. The number of para-hydroxylation sites is 1. The smallest absolute Gasteiger partial charge is 0.326 e. The van der Waals surface area contributed by atoms with Crippen molar-refractivity contribution in [2.75, 3.05) is 30.5 Å². The Morgan fingerprint density at radius 2 is 1.79 bits per heavy atom. The summed E-state index contributed by atoms with van der Waals surface area (Å²) in [6.45, 7) is 0.352. The fourth-order valence-electron chi connectivity index (χ4n) is 5.81. The number of methoxy groups -OCH3 is 1. The van der Waals surface area contributed by atoms with Gasteiger partial charge < -0.3 is 20.1 Å². The van der Waals surface area contributed by atoms with E-state index in [4.69, 9.17) is 4.74 Å². The van der Waals surface area contributed by atoms with Crippen LogP contribution in [0.1, 0.15) is 43.6 Å². The maximum absolute atomic E-state index is 13.4. The van der Waals surface area contributed by atoms with Crippen LogP contribution in [0.25, 0.3) is 0 Å². The van der Waals surface area contributed by atoms with Crippen molar-refractivity contribution in [1.29, 1.82) is 0 Å². The molecule has 0 spiro atoms. The number of amides is 3. The standard InChI is InChI=1S/C26H31N3O4/c1-33-19-13-11-18(12-14-19)27-26(32)28-15-22-24(20-9-5-6-10-21(20)28)23(16-30)29(22)25(31)17-7-3-2-4-8-17/h5-6,9-14,17,22-24,30H,2-4,7-8,15-16H2,1H3,(H,27,32)/t22-,23+,24+/m0/s1. The van der Waals surface area contributed by atoms with Crippen LogP contribution in [-0.4, -0.2) is 54.3 Å². The van der Waals surface area contributed by atoms with E-state index in [1.807, 2.05) is 29.2 Å². The van der Waals surface area contributed by atoms with Crippen LogP contribution in [0, 0.1) is 5.92 Å². The van der Waals surface area contributed by atoms with Crippen LogP contribution in [0.3, 0.4) is 0 Å². The number of carbonyl (C=O) groups is 2. The zero-order valence-corrected chi connectivity index (χ0v) is 18.9. The van der Waals surface area contributed by atoms with Gasteiger partial charge in [-0.15, -0.1) is 0 Å². The second-order valence-corrected chi connectivity index (χ2v) is 9.25. The number of aliphatic hydroxyl groups excluding tert-OH is 1. The Balaban J connectivity index is 1.41. The van der Waals surface area contributed by atoms with Crippen molar-refractivity contribution >= 4 is 23.3 Å². The van der Waals surface area contributed by atoms with Crippen molar-refractivity contribution in [2.24, 2.45) is 5.92 Å². The molecule has 7 nitrogen and oxygen atoms in total. The van der Waals surface area contributed by atoms with Gasteiger partial charge >= 0.3 is 6.03 Å². The quantitative estimate of drug-likeness (QED) is 0.740. The molecule has 0 aromatic heterocycles. The third-order valence-corrected chi connectivity index (χ3v) is 7.48. The van der Waals surface area contributed by atoms with Gasteiger partial charge in [-0.05, 0) is 48.7 Å². The van der Waals surface area contributed by atoms with Crippen molar-refractivity contribution in [3.05, 3.63) is 54.1 Å². The van der Waals surface area contributed by atoms with Gasteiger partial charge in [-0.1, -0.05) is 37.5 Å². The van der Waals surface area contributed by atoms with Gasteiger partial charge in [0, 0.05) is 29.8 Å². The summed E-state index contributed by atoms with van der Waals surface area (Å²) in [5.41, 5.74) is 2.54.